The molecule has 0 aliphatic carbocycles. The minimum Gasteiger partial charge on any atom is -0.464 e. The summed E-state index contributed by atoms with van der Waals surface area (Å²) in [6.45, 7) is 4.90. The summed E-state index contributed by atoms with van der Waals surface area (Å²) in [7, 11) is -2.94. The highest BCUT2D eigenvalue weighted by molar-refractivity contribution is 7.91. The molecule has 1 aromatic heterocycles. The third-order valence-electron chi connectivity index (χ3n) is 2.79. The molecule has 1 aromatic rings. The van der Waals surface area contributed by atoms with Crippen LogP contribution < -0.4 is 15.4 Å². The Morgan fingerprint density at radius 1 is 1.25 bits per heavy atom. The lowest BCUT2D eigenvalue weighted by atomic mass is 10.3. The van der Waals surface area contributed by atoms with E-state index in [1.54, 1.807) is 0 Å². The summed E-state index contributed by atoms with van der Waals surface area (Å²) in [5.74, 6) is 1.06. The predicted molar refractivity (Wildman–Crippen MR) is 75.8 cm³/mol. The van der Waals surface area contributed by atoms with Crippen molar-refractivity contribution in [2.45, 2.75) is 26.3 Å². The van der Waals surface area contributed by atoms with E-state index in [1.165, 1.54) is 0 Å². The summed E-state index contributed by atoms with van der Waals surface area (Å²) in [6.07, 6.45) is 0.564. The molecule has 1 saturated heterocycles. The molecule has 20 heavy (non-hydrogen) atoms. The van der Waals surface area contributed by atoms with E-state index in [9.17, 15) is 8.42 Å². The molecule has 9 heteroatoms. The van der Waals surface area contributed by atoms with E-state index in [0.717, 1.165) is 0 Å². The lowest BCUT2D eigenvalue weighted by Gasteiger charge is -2.12. The molecule has 0 bridgehead atoms. The summed E-state index contributed by atoms with van der Waals surface area (Å²) in [6, 6.07) is 0.0631. The van der Waals surface area contributed by atoms with E-state index in [4.69, 9.17) is 4.74 Å². The molecule has 2 heterocycles. The van der Waals surface area contributed by atoms with Gasteiger partial charge in [0, 0.05) is 12.6 Å². The van der Waals surface area contributed by atoms with Gasteiger partial charge in [-0.05, 0) is 20.3 Å². The van der Waals surface area contributed by atoms with Gasteiger partial charge in [-0.25, -0.2) is 8.42 Å². The maximum atomic E-state index is 11.4. The smallest absolute Gasteiger partial charge is 0.323 e. The van der Waals surface area contributed by atoms with Crippen LogP contribution >= 0.6 is 0 Å². The quantitative estimate of drug-likeness (QED) is 0.773. The molecule has 0 amide bonds. The number of ether oxygens (including phenoxy) is 1. The molecule has 1 unspecified atom stereocenters. The first-order chi connectivity index (χ1) is 9.52. The average Bonchev–Trinajstić information content (AvgIpc) is 2.69. The molecule has 2 N–H and O–H groups in total. The summed E-state index contributed by atoms with van der Waals surface area (Å²) >= 11 is 0. The van der Waals surface area contributed by atoms with Crippen LogP contribution in [0.5, 0.6) is 6.01 Å². The van der Waals surface area contributed by atoms with Crippen LogP contribution in [-0.2, 0) is 9.84 Å². The van der Waals surface area contributed by atoms with Gasteiger partial charge in [0.2, 0.25) is 11.9 Å². The van der Waals surface area contributed by atoms with Crippen LogP contribution in [0.3, 0.4) is 0 Å². The van der Waals surface area contributed by atoms with Gasteiger partial charge in [0.15, 0.2) is 9.84 Å². The number of anilines is 2. The Labute approximate surface area is 118 Å². The van der Waals surface area contributed by atoms with Gasteiger partial charge in [-0.1, -0.05) is 0 Å². The Balaban J connectivity index is 2.13. The molecule has 0 aromatic carbocycles. The molecule has 0 radical (unpaired) electrons. The molecule has 8 nitrogen and oxygen atoms in total. The first kappa shape index (κ1) is 14.8. The lowest BCUT2D eigenvalue weighted by Crippen LogP contribution is -2.22. The average molecular weight is 301 g/mol. The van der Waals surface area contributed by atoms with Crippen LogP contribution in [0.2, 0.25) is 0 Å². The predicted octanol–water partition coefficient (Wildman–Crippen LogP) is 0.301. The van der Waals surface area contributed by atoms with Gasteiger partial charge in [-0.15, -0.1) is 0 Å². The van der Waals surface area contributed by atoms with Crippen molar-refractivity contribution in [3.63, 3.8) is 0 Å². The second kappa shape index (κ2) is 6.21. The van der Waals surface area contributed by atoms with Crippen molar-refractivity contribution >= 4 is 21.7 Å². The number of nitrogens with one attached hydrogen (secondary N) is 2. The molecule has 1 aliphatic rings. The number of aromatic nitrogens is 3. The van der Waals surface area contributed by atoms with Crippen molar-refractivity contribution in [3.8, 4) is 6.01 Å². The highest BCUT2D eigenvalue weighted by Gasteiger charge is 2.28. The number of hydrogen-bond donors (Lipinski definition) is 2. The van der Waals surface area contributed by atoms with Gasteiger partial charge in [0.05, 0.1) is 18.1 Å². The Morgan fingerprint density at radius 3 is 2.60 bits per heavy atom. The van der Waals surface area contributed by atoms with Crippen LogP contribution in [0.4, 0.5) is 11.9 Å². The topological polar surface area (TPSA) is 106 Å². The van der Waals surface area contributed by atoms with Crippen molar-refractivity contribution in [1.29, 1.82) is 0 Å². The van der Waals surface area contributed by atoms with E-state index < -0.39 is 9.84 Å². The fourth-order valence-corrected chi connectivity index (χ4v) is 3.62. The third-order valence-corrected chi connectivity index (χ3v) is 4.56. The number of hydrogen-bond acceptors (Lipinski definition) is 8. The Hall–Kier alpha value is -1.64. The molecule has 0 saturated carbocycles. The van der Waals surface area contributed by atoms with Gasteiger partial charge < -0.3 is 15.4 Å². The van der Waals surface area contributed by atoms with Crippen LogP contribution in [-0.4, -0.2) is 54.1 Å². The van der Waals surface area contributed by atoms with Crippen LogP contribution in [0.1, 0.15) is 20.3 Å². The monoisotopic (exact) mass is 301 g/mol. The van der Waals surface area contributed by atoms with Gasteiger partial charge in [-0.3, -0.25) is 0 Å². The maximum absolute atomic E-state index is 11.4. The van der Waals surface area contributed by atoms with Gasteiger partial charge in [0.1, 0.15) is 0 Å². The summed E-state index contributed by atoms with van der Waals surface area (Å²) < 4.78 is 28.2. The highest BCUT2D eigenvalue weighted by atomic mass is 32.2. The minimum atomic E-state index is -2.94. The number of nitrogens with zero attached hydrogens (tertiary/aromatic N) is 3. The fraction of sp³-hybridized carbons (Fsp3) is 0.727. The Bertz CT molecular complexity index is 539. The second-order valence-corrected chi connectivity index (χ2v) is 6.70. The largest absolute Gasteiger partial charge is 0.464 e. The minimum absolute atomic E-state index is 0.110. The lowest BCUT2D eigenvalue weighted by molar-refractivity contribution is 0.312. The second-order valence-electron chi connectivity index (χ2n) is 4.47. The Morgan fingerprint density at radius 2 is 2.00 bits per heavy atom. The van der Waals surface area contributed by atoms with Crippen LogP contribution in [0, 0.1) is 0 Å². The molecule has 2 rings (SSSR count). The van der Waals surface area contributed by atoms with Crippen molar-refractivity contribution in [2.75, 3.05) is 35.3 Å². The van der Waals surface area contributed by atoms with Gasteiger partial charge in [-0.2, -0.15) is 15.0 Å². The van der Waals surface area contributed by atoms with E-state index in [1.807, 2.05) is 13.8 Å². The van der Waals surface area contributed by atoms with Crippen LogP contribution in [0.25, 0.3) is 0 Å². The van der Waals surface area contributed by atoms with Crippen molar-refractivity contribution in [2.24, 2.45) is 0 Å². The molecular formula is C11H19N5O3S. The summed E-state index contributed by atoms with van der Waals surface area (Å²) in [4.78, 5) is 12.4. The first-order valence-corrected chi connectivity index (χ1v) is 8.44. The van der Waals surface area contributed by atoms with Crippen molar-refractivity contribution < 1.29 is 13.2 Å². The van der Waals surface area contributed by atoms with Crippen molar-refractivity contribution in [3.05, 3.63) is 0 Å². The molecule has 1 aliphatic heterocycles. The number of rotatable bonds is 6. The Kier molecular flexibility index (Phi) is 4.58. The van der Waals surface area contributed by atoms with E-state index in [-0.39, 0.29) is 23.6 Å². The standard InChI is InChI=1S/C11H19N5O3S/c1-3-12-9-14-10(16-11(15-9)19-4-2)13-8-5-6-20(17,18)7-8/h8H,3-7H2,1-2H3,(H2,12,13,14,15,16). The van der Waals surface area contributed by atoms with Gasteiger partial charge >= 0.3 is 6.01 Å². The zero-order valence-electron chi connectivity index (χ0n) is 11.6. The number of sulfone groups is 1. The van der Waals surface area contributed by atoms with E-state index >= 15 is 0 Å². The highest BCUT2D eigenvalue weighted by Crippen LogP contribution is 2.17. The van der Waals surface area contributed by atoms with Crippen molar-refractivity contribution in [1.82, 2.24) is 15.0 Å². The molecular weight excluding hydrogens is 282 g/mol. The summed E-state index contributed by atoms with van der Waals surface area (Å²) in [5.41, 5.74) is 0. The third kappa shape index (κ3) is 3.92. The van der Waals surface area contributed by atoms with Crippen LogP contribution in [0.15, 0.2) is 0 Å². The zero-order valence-corrected chi connectivity index (χ0v) is 12.4. The molecule has 1 atom stereocenters. The summed E-state index contributed by atoms with van der Waals surface area (Å²) in [5, 5.41) is 6.02. The normalized spacial score (nSPS) is 20.6. The SMILES string of the molecule is CCNc1nc(NC2CCS(=O)(=O)C2)nc(OCC)n1. The molecule has 112 valence electrons. The first-order valence-electron chi connectivity index (χ1n) is 6.62. The van der Waals surface area contributed by atoms with E-state index in [0.29, 0.717) is 31.5 Å². The molecule has 1 fully saturated rings. The van der Waals surface area contributed by atoms with Gasteiger partial charge in [0.25, 0.3) is 0 Å². The maximum Gasteiger partial charge on any atom is 0.323 e. The fourth-order valence-electron chi connectivity index (χ4n) is 1.94. The van der Waals surface area contributed by atoms with E-state index in [2.05, 4.69) is 25.6 Å². The zero-order chi connectivity index (χ0) is 14.6. The molecule has 0 spiro atoms.